The summed E-state index contributed by atoms with van der Waals surface area (Å²) in [6, 6.07) is 0. The molecule has 0 aromatic heterocycles. The zero-order valence-electron chi connectivity index (χ0n) is 42.3. The molecule has 0 N–H and O–H groups in total. The van der Waals surface area contributed by atoms with Gasteiger partial charge in [-0.3, -0.25) is 14.4 Å². The molecule has 6 heteroatoms. The van der Waals surface area contributed by atoms with Crippen LogP contribution in [0.5, 0.6) is 0 Å². The SMILES string of the molecule is CC/C=C\C/C=C\C/C=C\C/C=C\C/C=C\CCCCCC(=O)O[C@@H](COC(=O)CCCCCCCCCCCCCC)COC(=O)CCCCCCCCCCCCCCCCC. The first-order chi connectivity index (χ1) is 31.5. The highest BCUT2D eigenvalue weighted by atomic mass is 16.6. The van der Waals surface area contributed by atoms with Crippen molar-refractivity contribution in [2.24, 2.45) is 0 Å². The van der Waals surface area contributed by atoms with E-state index >= 15 is 0 Å². The van der Waals surface area contributed by atoms with Gasteiger partial charge in [0.1, 0.15) is 13.2 Å². The van der Waals surface area contributed by atoms with Crippen LogP contribution in [0.1, 0.15) is 271 Å². The van der Waals surface area contributed by atoms with Crippen molar-refractivity contribution >= 4 is 17.9 Å². The van der Waals surface area contributed by atoms with Gasteiger partial charge >= 0.3 is 17.9 Å². The van der Waals surface area contributed by atoms with Crippen LogP contribution in [0.2, 0.25) is 0 Å². The van der Waals surface area contributed by atoms with Crippen molar-refractivity contribution in [2.75, 3.05) is 13.2 Å². The van der Waals surface area contributed by atoms with Gasteiger partial charge in [-0.2, -0.15) is 0 Å². The summed E-state index contributed by atoms with van der Waals surface area (Å²) in [6.45, 7) is 6.52. The molecule has 0 unspecified atom stereocenters. The second kappa shape index (κ2) is 52.7. The maximum Gasteiger partial charge on any atom is 0.306 e. The maximum atomic E-state index is 12.8. The van der Waals surface area contributed by atoms with E-state index in [9.17, 15) is 14.4 Å². The van der Waals surface area contributed by atoms with Gasteiger partial charge in [0.05, 0.1) is 0 Å². The smallest absolute Gasteiger partial charge is 0.306 e. The molecule has 0 radical (unpaired) electrons. The lowest BCUT2D eigenvalue weighted by Crippen LogP contribution is -2.30. The Morgan fingerprint density at radius 1 is 0.328 bits per heavy atom. The zero-order chi connectivity index (χ0) is 46.5. The number of carbonyl (C=O) groups excluding carboxylic acids is 3. The first-order valence-electron chi connectivity index (χ1n) is 27.3. The minimum atomic E-state index is -0.787. The quantitative estimate of drug-likeness (QED) is 0.0262. The molecule has 0 aromatic rings. The second-order valence-electron chi connectivity index (χ2n) is 18.1. The summed E-state index contributed by atoms with van der Waals surface area (Å²) in [6.07, 6.45) is 64.9. The highest BCUT2D eigenvalue weighted by Gasteiger charge is 2.19. The number of hydrogen-bond acceptors (Lipinski definition) is 6. The standard InChI is InChI=1S/C58H102O6/c1-4-7-10-13-16-19-22-25-27-28-29-30-32-34-37-40-43-46-49-52-58(61)64-55(53-62-56(59)50-47-44-41-38-35-24-21-18-15-12-9-6-3)54-63-57(60)51-48-45-42-39-36-33-31-26-23-20-17-14-11-8-5-2/h7,10,16,19,25,27,29-30,34,37,55H,4-6,8-9,11-15,17-18,20-24,26,28,31-33,35-36,38-54H2,1-3H3/b10-7-,19-16-,27-25-,30-29-,37-34-/t55-/m0/s1. The fraction of sp³-hybridized carbons (Fsp3) is 0.776. The van der Waals surface area contributed by atoms with Gasteiger partial charge in [-0.25, -0.2) is 0 Å². The molecule has 0 saturated heterocycles. The molecule has 1 atom stereocenters. The van der Waals surface area contributed by atoms with E-state index < -0.39 is 6.10 Å². The van der Waals surface area contributed by atoms with Gasteiger partial charge in [0.2, 0.25) is 0 Å². The van der Waals surface area contributed by atoms with Gasteiger partial charge in [0, 0.05) is 19.3 Å². The highest BCUT2D eigenvalue weighted by molar-refractivity contribution is 5.71. The van der Waals surface area contributed by atoms with E-state index in [2.05, 4.69) is 81.5 Å². The minimum Gasteiger partial charge on any atom is -0.462 e. The first kappa shape index (κ1) is 61.1. The number of allylic oxidation sites excluding steroid dienone is 10. The molecule has 0 amide bonds. The van der Waals surface area contributed by atoms with Crippen LogP contribution in [-0.4, -0.2) is 37.2 Å². The monoisotopic (exact) mass is 895 g/mol. The molecule has 0 heterocycles. The van der Waals surface area contributed by atoms with Gasteiger partial charge in [-0.15, -0.1) is 0 Å². The van der Waals surface area contributed by atoms with Crippen LogP contribution in [0.15, 0.2) is 60.8 Å². The largest absolute Gasteiger partial charge is 0.462 e. The van der Waals surface area contributed by atoms with E-state index in [0.717, 1.165) is 96.3 Å². The number of esters is 3. The molecule has 0 bridgehead atoms. The Balaban J connectivity index is 4.41. The fourth-order valence-electron chi connectivity index (χ4n) is 7.70. The van der Waals surface area contributed by atoms with E-state index in [4.69, 9.17) is 14.2 Å². The predicted octanol–water partition coefficient (Wildman–Crippen LogP) is 18.0. The summed E-state index contributed by atoms with van der Waals surface area (Å²) >= 11 is 0. The number of unbranched alkanes of at least 4 members (excludes halogenated alkanes) is 28. The second-order valence-corrected chi connectivity index (χ2v) is 18.1. The lowest BCUT2D eigenvalue weighted by atomic mass is 10.0. The summed E-state index contributed by atoms with van der Waals surface area (Å²) < 4.78 is 16.8. The summed E-state index contributed by atoms with van der Waals surface area (Å²) in [4.78, 5) is 38.0. The molecule has 0 saturated carbocycles. The fourth-order valence-corrected chi connectivity index (χ4v) is 7.70. The molecule has 0 aliphatic rings. The van der Waals surface area contributed by atoms with Crippen molar-refractivity contribution in [3.8, 4) is 0 Å². The third-order valence-corrected chi connectivity index (χ3v) is 11.8. The average Bonchev–Trinajstić information content (AvgIpc) is 3.29. The van der Waals surface area contributed by atoms with Crippen molar-refractivity contribution in [1.29, 1.82) is 0 Å². The van der Waals surface area contributed by atoms with Crippen LogP contribution in [0, 0.1) is 0 Å². The lowest BCUT2D eigenvalue weighted by molar-refractivity contribution is -0.167. The summed E-state index contributed by atoms with van der Waals surface area (Å²) in [5.74, 6) is -0.906. The Morgan fingerprint density at radius 3 is 0.953 bits per heavy atom. The van der Waals surface area contributed by atoms with E-state index in [-0.39, 0.29) is 31.1 Å². The molecular weight excluding hydrogens is 793 g/mol. The van der Waals surface area contributed by atoms with E-state index in [0.29, 0.717) is 19.3 Å². The van der Waals surface area contributed by atoms with E-state index in [1.165, 1.54) is 135 Å². The molecule has 0 aliphatic carbocycles. The molecule has 370 valence electrons. The first-order valence-corrected chi connectivity index (χ1v) is 27.3. The van der Waals surface area contributed by atoms with Gasteiger partial charge in [-0.1, -0.05) is 248 Å². The van der Waals surface area contributed by atoms with Crippen molar-refractivity contribution < 1.29 is 28.6 Å². The lowest BCUT2D eigenvalue weighted by Gasteiger charge is -2.18. The van der Waals surface area contributed by atoms with E-state index in [1.807, 2.05) is 0 Å². The molecule has 0 aromatic carbocycles. The van der Waals surface area contributed by atoms with E-state index in [1.54, 1.807) is 0 Å². The molecule has 0 rings (SSSR count). The zero-order valence-corrected chi connectivity index (χ0v) is 42.3. The van der Waals surface area contributed by atoms with Crippen LogP contribution in [0.25, 0.3) is 0 Å². The molecular formula is C58H102O6. The average molecular weight is 895 g/mol. The maximum absolute atomic E-state index is 12.8. The molecule has 6 nitrogen and oxygen atoms in total. The summed E-state index contributed by atoms with van der Waals surface area (Å²) in [5, 5.41) is 0. The third-order valence-electron chi connectivity index (χ3n) is 11.8. The van der Waals surface area contributed by atoms with Crippen LogP contribution < -0.4 is 0 Å². The van der Waals surface area contributed by atoms with Crippen molar-refractivity contribution in [1.82, 2.24) is 0 Å². The number of rotatable bonds is 49. The molecule has 0 aliphatic heterocycles. The van der Waals surface area contributed by atoms with Gasteiger partial charge in [-0.05, 0) is 64.2 Å². The molecule has 64 heavy (non-hydrogen) atoms. The Bertz CT molecular complexity index is 1170. The Morgan fingerprint density at radius 2 is 0.609 bits per heavy atom. The Labute approximate surface area is 396 Å². The topological polar surface area (TPSA) is 78.9 Å². The molecule has 0 spiro atoms. The van der Waals surface area contributed by atoms with Crippen LogP contribution in [0.3, 0.4) is 0 Å². The Hall–Kier alpha value is -2.89. The van der Waals surface area contributed by atoms with Crippen LogP contribution in [-0.2, 0) is 28.6 Å². The highest BCUT2D eigenvalue weighted by Crippen LogP contribution is 2.16. The molecule has 0 fully saturated rings. The van der Waals surface area contributed by atoms with Gasteiger partial charge in [0.25, 0.3) is 0 Å². The van der Waals surface area contributed by atoms with Gasteiger partial charge in [0.15, 0.2) is 6.10 Å². The Kier molecular flexibility index (Phi) is 50.4. The van der Waals surface area contributed by atoms with Gasteiger partial charge < -0.3 is 14.2 Å². The third kappa shape index (κ3) is 50.1. The van der Waals surface area contributed by atoms with Crippen molar-refractivity contribution in [2.45, 2.75) is 277 Å². The minimum absolute atomic E-state index is 0.0841. The number of ether oxygens (including phenoxy) is 3. The number of carbonyl (C=O) groups is 3. The van der Waals surface area contributed by atoms with Crippen LogP contribution in [0.4, 0.5) is 0 Å². The number of hydrogen-bond donors (Lipinski definition) is 0. The predicted molar refractivity (Wildman–Crippen MR) is 275 cm³/mol. The van der Waals surface area contributed by atoms with Crippen molar-refractivity contribution in [3.05, 3.63) is 60.8 Å². The normalized spacial score (nSPS) is 12.5. The summed E-state index contributed by atoms with van der Waals surface area (Å²) in [7, 11) is 0. The van der Waals surface area contributed by atoms with Crippen LogP contribution >= 0.6 is 0 Å². The van der Waals surface area contributed by atoms with Crippen molar-refractivity contribution in [3.63, 3.8) is 0 Å². The summed E-state index contributed by atoms with van der Waals surface area (Å²) in [5.41, 5.74) is 0.